The van der Waals surface area contributed by atoms with Crippen molar-refractivity contribution in [1.82, 2.24) is 25.3 Å². The summed E-state index contributed by atoms with van der Waals surface area (Å²) in [5.74, 6) is 0.309. The monoisotopic (exact) mass is 500 g/mol. The number of nitrogens with one attached hydrogen (secondary N) is 2. The van der Waals surface area contributed by atoms with Gasteiger partial charge in [0.25, 0.3) is 5.91 Å². The largest absolute Gasteiger partial charge is 0.376 e. The number of rotatable bonds is 5. The fraction of sp³-hybridized carbons (Fsp3) is 0.269. The predicted molar refractivity (Wildman–Crippen MR) is 134 cm³/mol. The highest BCUT2D eigenvalue weighted by molar-refractivity contribution is 7.92. The van der Waals surface area contributed by atoms with Crippen molar-refractivity contribution in [3.63, 3.8) is 0 Å². The molecule has 2 N–H and O–H groups in total. The number of benzene rings is 1. The smallest absolute Gasteiger partial charge is 0.251 e. The summed E-state index contributed by atoms with van der Waals surface area (Å²) in [5, 5.41) is 3.75. The molecule has 36 heavy (non-hydrogen) atoms. The van der Waals surface area contributed by atoms with Gasteiger partial charge < -0.3 is 10.1 Å². The number of hydrogen-bond acceptors (Lipinski definition) is 8. The highest BCUT2D eigenvalue weighted by Crippen LogP contribution is 2.39. The van der Waals surface area contributed by atoms with E-state index in [0.717, 1.165) is 40.8 Å². The standard InChI is InChI=1S/C26H24N6O3S/c27-36(34)8-7-35-15-19-4-3-17(9-25(19)36)26(33)30-12-20-10-22-18(11-29-20)5-6-21(31-22)24-14-28-13-23(32-24)16-1-2-16/h3-6,9-11,13-14,16,27H,1-2,7-8,12,15H2,(H,30,33). The molecule has 0 bridgehead atoms. The molecule has 9 nitrogen and oxygen atoms in total. The van der Waals surface area contributed by atoms with Crippen molar-refractivity contribution >= 4 is 26.5 Å². The second kappa shape index (κ2) is 9.03. The average molecular weight is 501 g/mol. The van der Waals surface area contributed by atoms with E-state index < -0.39 is 9.73 Å². The fourth-order valence-corrected chi connectivity index (χ4v) is 5.68. The van der Waals surface area contributed by atoms with Gasteiger partial charge in [-0.25, -0.2) is 19.0 Å². The second-order valence-electron chi connectivity index (χ2n) is 9.11. The van der Waals surface area contributed by atoms with Gasteiger partial charge in [0.2, 0.25) is 0 Å². The maximum Gasteiger partial charge on any atom is 0.251 e. The molecule has 1 atom stereocenters. The summed E-state index contributed by atoms with van der Waals surface area (Å²) >= 11 is 0. The Kier molecular flexibility index (Phi) is 5.69. The summed E-state index contributed by atoms with van der Waals surface area (Å²) in [7, 11) is -2.99. The minimum atomic E-state index is -2.99. The molecule has 1 aromatic carbocycles. The third kappa shape index (κ3) is 4.57. The molecule has 1 aliphatic heterocycles. The first-order chi connectivity index (χ1) is 17.5. The van der Waals surface area contributed by atoms with Gasteiger partial charge in [0.1, 0.15) is 5.69 Å². The van der Waals surface area contributed by atoms with E-state index in [-0.39, 0.29) is 24.8 Å². The fourth-order valence-electron chi connectivity index (χ4n) is 4.24. The zero-order valence-electron chi connectivity index (χ0n) is 19.4. The Morgan fingerprint density at radius 2 is 1.97 bits per heavy atom. The highest BCUT2D eigenvalue weighted by atomic mass is 32.2. The molecular weight excluding hydrogens is 476 g/mol. The Balaban J connectivity index is 1.21. The molecule has 4 aromatic rings. The van der Waals surface area contributed by atoms with Gasteiger partial charge in [-0.2, -0.15) is 0 Å². The number of hydrogen-bond donors (Lipinski definition) is 2. The van der Waals surface area contributed by atoms with Gasteiger partial charge >= 0.3 is 0 Å². The first-order valence-electron chi connectivity index (χ1n) is 11.8. The molecule has 1 aliphatic carbocycles. The summed E-state index contributed by atoms with van der Waals surface area (Å²) in [6, 6.07) is 10.6. The third-order valence-corrected chi connectivity index (χ3v) is 8.26. The van der Waals surface area contributed by atoms with Crippen LogP contribution in [0.4, 0.5) is 0 Å². The quantitative estimate of drug-likeness (QED) is 0.426. The Morgan fingerprint density at radius 1 is 1.08 bits per heavy atom. The average Bonchev–Trinajstić information content (AvgIpc) is 3.76. The van der Waals surface area contributed by atoms with Crippen LogP contribution in [-0.4, -0.2) is 42.4 Å². The van der Waals surface area contributed by atoms with Gasteiger partial charge in [-0.15, -0.1) is 0 Å². The minimum Gasteiger partial charge on any atom is -0.376 e. The molecule has 2 aliphatic rings. The molecule has 4 heterocycles. The molecule has 0 radical (unpaired) electrons. The summed E-state index contributed by atoms with van der Waals surface area (Å²) < 4.78 is 26.4. The Labute approximate surface area is 208 Å². The van der Waals surface area contributed by atoms with Crippen LogP contribution >= 0.6 is 0 Å². The molecule has 0 spiro atoms. The maximum absolute atomic E-state index is 12.8. The number of pyridine rings is 2. The van der Waals surface area contributed by atoms with E-state index in [1.807, 2.05) is 24.4 Å². The van der Waals surface area contributed by atoms with E-state index in [4.69, 9.17) is 19.5 Å². The van der Waals surface area contributed by atoms with Gasteiger partial charge in [-0.3, -0.25) is 14.8 Å². The van der Waals surface area contributed by atoms with Crippen LogP contribution < -0.4 is 5.32 Å². The minimum absolute atomic E-state index is 0.123. The van der Waals surface area contributed by atoms with E-state index in [0.29, 0.717) is 34.2 Å². The van der Waals surface area contributed by atoms with Crippen molar-refractivity contribution in [2.75, 3.05) is 12.4 Å². The molecule has 1 unspecified atom stereocenters. The molecule has 10 heteroatoms. The van der Waals surface area contributed by atoms with Crippen molar-refractivity contribution in [3.05, 3.63) is 77.5 Å². The SMILES string of the molecule is N=S1(=O)CCOCc2ccc(C(=O)NCc3cc4nc(-c5cncc(C6CC6)n5)ccc4cn3)cc21. The van der Waals surface area contributed by atoms with E-state index in [1.54, 1.807) is 30.6 Å². The number of carbonyl (C=O) groups excluding carboxylic acids is 1. The topological polar surface area (TPSA) is 131 Å². The third-order valence-electron chi connectivity index (χ3n) is 6.43. The lowest BCUT2D eigenvalue weighted by molar-refractivity contribution is 0.0950. The molecule has 6 rings (SSSR count). The van der Waals surface area contributed by atoms with Crippen LogP contribution in [0.25, 0.3) is 22.3 Å². The van der Waals surface area contributed by atoms with Crippen molar-refractivity contribution in [1.29, 1.82) is 4.78 Å². The Bertz CT molecular complexity index is 1600. The van der Waals surface area contributed by atoms with E-state index in [9.17, 15) is 9.00 Å². The van der Waals surface area contributed by atoms with E-state index in [2.05, 4.69) is 15.3 Å². The maximum atomic E-state index is 12.8. The number of nitrogens with zero attached hydrogens (tertiary/aromatic N) is 4. The van der Waals surface area contributed by atoms with Gasteiger partial charge in [0.05, 0.1) is 68.9 Å². The van der Waals surface area contributed by atoms with Crippen LogP contribution in [0, 0.1) is 4.78 Å². The number of fused-ring (bicyclic) bond motifs is 2. The van der Waals surface area contributed by atoms with E-state index in [1.165, 1.54) is 0 Å². The molecule has 3 aromatic heterocycles. The van der Waals surface area contributed by atoms with Crippen LogP contribution in [0.15, 0.2) is 59.9 Å². The number of aromatic nitrogens is 4. The van der Waals surface area contributed by atoms with Crippen LogP contribution in [0.2, 0.25) is 0 Å². The van der Waals surface area contributed by atoms with Gasteiger partial charge in [-0.1, -0.05) is 6.07 Å². The number of amides is 1. The van der Waals surface area contributed by atoms with Crippen LogP contribution in [0.3, 0.4) is 0 Å². The highest BCUT2D eigenvalue weighted by Gasteiger charge is 2.25. The molecule has 1 fully saturated rings. The lowest BCUT2D eigenvalue weighted by atomic mass is 10.1. The summed E-state index contributed by atoms with van der Waals surface area (Å²) in [5.41, 5.74) is 4.95. The van der Waals surface area contributed by atoms with Gasteiger partial charge in [0.15, 0.2) is 0 Å². The van der Waals surface area contributed by atoms with Crippen molar-refractivity contribution in [2.24, 2.45) is 0 Å². The molecule has 1 amide bonds. The number of carbonyl (C=O) groups is 1. The zero-order chi connectivity index (χ0) is 24.7. The van der Waals surface area contributed by atoms with Crippen molar-refractivity contribution in [2.45, 2.75) is 36.8 Å². The first kappa shape index (κ1) is 22.7. The first-order valence-corrected chi connectivity index (χ1v) is 13.5. The lowest BCUT2D eigenvalue weighted by Crippen LogP contribution is -2.23. The Hall–Kier alpha value is -3.76. The molecule has 1 saturated carbocycles. The van der Waals surface area contributed by atoms with Gasteiger partial charge in [-0.05, 0) is 48.7 Å². The zero-order valence-corrected chi connectivity index (χ0v) is 20.3. The second-order valence-corrected chi connectivity index (χ2v) is 11.3. The van der Waals surface area contributed by atoms with Crippen LogP contribution in [0.1, 0.15) is 46.1 Å². The van der Waals surface area contributed by atoms with Crippen LogP contribution in [0.5, 0.6) is 0 Å². The van der Waals surface area contributed by atoms with Crippen molar-refractivity contribution in [3.8, 4) is 11.4 Å². The van der Waals surface area contributed by atoms with Gasteiger partial charge in [0, 0.05) is 29.3 Å². The predicted octanol–water partition coefficient (Wildman–Crippen LogP) is 3.83. The Morgan fingerprint density at radius 3 is 2.83 bits per heavy atom. The summed E-state index contributed by atoms with van der Waals surface area (Å²) in [6.45, 7) is 0.758. The molecule has 0 saturated heterocycles. The van der Waals surface area contributed by atoms with Crippen molar-refractivity contribution < 1.29 is 13.7 Å². The van der Waals surface area contributed by atoms with E-state index >= 15 is 0 Å². The lowest BCUT2D eigenvalue weighted by Gasteiger charge is -2.11. The normalized spacial score (nSPS) is 19.4. The summed E-state index contributed by atoms with van der Waals surface area (Å²) in [6.07, 6.45) is 7.60. The van der Waals surface area contributed by atoms with Crippen LogP contribution in [-0.2, 0) is 27.6 Å². The summed E-state index contributed by atoms with van der Waals surface area (Å²) in [4.78, 5) is 31.5. The number of ether oxygens (including phenoxy) is 1. The molecule has 182 valence electrons. The molecular formula is C26H24N6O3S.